The van der Waals surface area contributed by atoms with Crippen molar-refractivity contribution in [3.63, 3.8) is 0 Å². The molecule has 0 atom stereocenters. The SMILES string of the molecule is COc1ccccc1NS(=O)(=O)c1cc(N)c(F)cc1C. The second-order valence-corrected chi connectivity index (χ2v) is 6.10. The number of hydrogen-bond donors (Lipinski definition) is 2. The molecule has 2 aromatic rings. The fraction of sp³-hybridized carbons (Fsp3) is 0.143. The van der Waals surface area contributed by atoms with E-state index in [2.05, 4.69) is 4.72 Å². The van der Waals surface area contributed by atoms with E-state index in [0.717, 1.165) is 12.1 Å². The van der Waals surface area contributed by atoms with Gasteiger partial charge in [-0.25, -0.2) is 12.8 Å². The van der Waals surface area contributed by atoms with Crippen molar-refractivity contribution < 1.29 is 17.5 Å². The van der Waals surface area contributed by atoms with Gasteiger partial charge in [-0.3, -0.25) is 4.72 Å². The molecule has 0 bridgehead atoms. The number of nitrogen functional groups attached to an aromatic ring is 1. The summed E-state index contributed by atoms with van der Waals surface area (Å²) in [5.41, 5.74) is 5.78. The summed E-state index contributed by atoms with van der Waals surface area (Å²) in [6.07, 6.45) is 0. The summed E-state index contributed by atoms with van der Waals surface area (Å²) in [7, 11) is -2.45. The number of ether oxygens (including phenoxy) is 1. The number of sulfonamides is 1. The third-order valence-corrected chi connectivity index (χ3v) is 4.44. The van der Waals surface area contributed by atoms with Crippen molar-refractivity contribution in [2.24, 2.45) is 0 Å². The highest BCUT2D eigenvalue weighted by Crippen LogP contribution is 2.28. The van der Waals surface area contributed by atoms with Crippen LogP contribution in [0.2, 0.25) is 0 Å². The molecular weight excluding hydrogens is 295 g/mol. The summed E-state index contributed by atoms with van der Waals surface area (Å²) < 4.78 is 45.7. The molecule has 112 valence electrons. The van der Waals surface area contributed by atoms with E-state index >= 15 is 0 Å². The maximum Gasteiger partial charge on any atom is 0.262 e. The molecule has 0 aliphatic carbocycles. The topological polar surface area (TPSA) is 81.4 Å². The molecule has 2 aromatic carbocycles. The van der Waals surface area contributed by atoms with Crippen LogP contribution in [-0.2, 0) is 10.0 Å². The maximum atomic E-state index is 13.3. The fourth-order valence-corrected chi connectivity index (χ4v) is 3.22. The Balaban J connectivity index is 2.46. The lowest BCUT2D eigenvalue weighted by Gasteiger charge is -2.13. The summed E-state index contributed by atoms with van der Waals surface area (Å²) in [4.78, 5) is -0.0766. The second kappa shape index (κ2) is 5.61. The molecule has 7 heteroatoms. The lowest BCUT2D eigenvalue weighted by Crippen LogP contribution is -2.15. The van der Waals surface area contributed by atoms with Gasteiger partial charge in [0.15, 0.2) is 0 Å². The van der Waals surface area contributed by atoms with Crippen LogP contribution in [-0.4, -0.2) is 15.5 Å². The van der Waals surface area contributed by atoms with Crippen molar-refractivity contribution >= 4 is 21.4 Å². The molecule has 0 aliphatic heterocycles. The monoisotopic (exact) mass is 310 g/mol. The number of rotatable bonds is 4. The van der Waals surface area contributed by atoms with Crippen LogP contribution < -0.4 is 15.2 Å². The van der Waals surface area contributed by atoms with Crippen molar-refractivity contribution in [3.8, 4) is 5.75 Å². The highest BCUT2D eigenvalue weighted by molar-refractivity contribution is 7.92. The maximum absolute atomic E-state index is 13.3. The van der Waals surface area contributed by atoms with Gasteiger partial charge < -0.3 is 10.5 Å². The highest BCUT2D eigenvalue weighted by Gasteiger charge is 2.20. The number of para-hydroxylation sites is 2. The summed E-state index contributed by atoms with van der Waals surface area (Å²) in [6.45, 7) is 1.50. The first kappa shape index (κ1) is 15.1. The minimum atomic E-state index is -3.89. The van der Waals surface area contributed by atoms with Gasteiger partial charge in [-0.15, -0.1) is 0 Å². The van der Waals surface area contributed by atoms with E-state index in [-0.39, 0.29) is 16.1 Å². The Morgan fingerprint density at radius 3 is 2.57 bits per heavy atom. The summed E-state index contributed by atoms with van der Waals surface area (Å²) in [5.74, 6) is -0.266. The first-order chi connectivity index (χ1) is 9.85. The third-order valence-electron chi connectivity index (χ3n) is 2.94. The minimum Gasteiger partial charge on any atom is -0.495 e. The van der Waals surface area contributed by atoms with E-state index in [1.807, 2.05) is 0 Å². The van der Waals surface area contributed by atoms with Crippen LogP contribution in [0, 0.1) is 12.7 Å². The zero-order valence-electron chi connectivity index (χ0n) is 11.6. The molecule has 0 fully saturated rings. The van der Waals surface area contributed by atoms with Gasteiger partial charge in [0.1, 0.15) is 11.6 Å². The molecule has 0 spiro atoms. The predicted octanol–water partition coefficient (Wildman–Crippen LogP) is 2.53. The van der Waals surface area contributed by atoms with Crippen LogP contribution in [0.1, 0.15) is 5.56 Å². The Morgan fingerprint density at radius 2 is 1.90 bits per heavy atom. The van der Waals surface area contributed by atoms with Crippen LogP contribution in [0.15, 0.2) is 41.3 Å². The number of hydrogen-bond acceptors (Lipinski definition) is 4. The Hall–Kier alpha value is -2.28. The minimum absolute atomic E-state index is 0.0766. The van der Waals surface area contributed by atoms with Crippen LogP contribution >= 0.6 is 0 Å². The number of halogens is 1. The first-order valence-electron chi connectivity index (χ1n) is 6.06. The zero-order chi connectivity index (χ0) is 15.6. The van der Waals surface area contributed by atoms with Gasteiger partial charge in [-0.1, -0.05) is 12.1 Å². The molecule has 3 N–H and O–H groups in total. The number of aryl methyl sites for hydroxylation is 1. The largest absolute Gasteiger partial charge is 0.495 e. The molecule has 0 radical (unpaired) electrons. The van der Waals surface area contributed by atoms with Gasteiger partial charge in [0.2, 0.25) is 0 Å². The summed E-state index contributed by atoms with van der Waals surface area (Å²) in [6, 6.07) is 8.78. The predicted molar refractivity (Wildman–Crippen MR) is 79.4 cm³/mol. The van der Waals surface area contributed by atoms with E-state index in [1.165, 1.54) is 14.0 Å². The number of methoxy groups -OCH3 is 1. The van der Waals surface area contributed by atoms with E-state index < -0.39 is 15.8 Å². The smallest absolute Gasteiger partial charge is 0.262 e. The van der Waals surface area contributed by atoms with Crippen molar-refractivity contribution in [2.45, 2.75) is 11.8 Å². The molecule has 0 saturated carbocycles. The number of nitrogens with one attached hydrogen (secondary N) is 1. The quantitative estimate of drug-likeness (QED) is 0.850. The van der Waals surface area contributed by atoms with Crippen LogP contribution in [0.5, 0.6) is 5.75 Å². The lowest BCUT2D eigenvalue weighted by atomic mass is 10.2. The number of nitrogens with two attached hydrogens (primary N) is 1. The van der Waals surface area contributed by atoms with Gasteiger partial charge in [0, 0.05) is 0 Å². The zero-order valence-corrected chi connectivity index (χ0v) is 12.4. The average molecular weight is 310 g/mol. The molecule has 0 unspecified atom stereocenters. The molecule has 0 heterocycles. The van der Waals surface area contributed by atoms with Crippen LogP contribution in [0.4, 0.5) is 15.8 Å². The molecule has 0 aliphatic rings. The molecule has 0 saturated heterocycles. The third kappa shape index (κ3) is 3.08. The second-order valence-electron chi connectivity index (χ2n) is 4.45. The molecule has 5 nitrogen and oxygen atoms in total. The number of benzene rings is 2. The van der Waals surface area contributed by atoms with Crippen LogP contribution in [0.25, 0.3) is 0 Å². The molecule has 21 heavy (non-hydrogen) atoms. The van der Waals surface area contributed by atoms with Gasteiger partial charge >= 0.3 is 0 Å². The highest BCUT2D eigenvalue weighted by atomic mass is 32.2. The lowest BCUT2D eigenvalue weighted by molar-refractivity contribution is 0.417. The Labute approximate surface area is 122 Å². The summed E-state index contributed by atoms with van der Waals surface area (Å²) in [5, 5.41) is 0. The Bertz CT molecular complexity index is 776. The molecule has 2 rings (SSSR count). The van der Waals surface area contributed by atoms with Gasteiger partial charge in [0.05, 0.1) is 23.4 Å². The van der Waals surface area contributed by atoms with E-state index in [4.69, 9.17) is 10.5 Å². The average Bonchev–Trinajstić information content (AvgIpc) is 2.43. The summed E-state index contributed by atoms with van der Waals surface area (Å²) >= 11 is 0. The first-order valence-corrected chi connectivity index (χ1v) is 7.55. The van der Waals surface area contributed by atoms with Crippen molar-refractivity contribution in [1.82, 2.24) is 0 Å². The molecule has 0 amide bonds. The van der Waals surface area contributed by atoms with Gasteiger partial charge in [-0.05, 0) is 36.8 Å². The van der Waals surface area contributed by atoms with Gasteiger partial charge in [-0.2, -0.15) is 0 Å². The van der Waals surface area contributed by atoms with Crippen molar-refractivity contribution in [2.75, 3.05) is 17.6 Å². The molecular formula is C14H15FN2O3S. The van der Waals surface area contributed by atoms with E-state index in [1.54, 1.807) is 24.3 Å². The Morgan fingerprint density at radius 1 is 1.24 bits per heavy atom. The van der Waals surface area contributed by atoms with Crippen molar-refractivity contribution in [1.29, 1.82) is 0 Å². The Kier molecular flexibility index (Phi) is 4.04. The molecule has 0 aromatic heterocycles. The fourth-order valence-electron chi connectivity index (χ4n) is 1.89. The standard InChI is InChI=1S/C14H15FN2O3S/c1-9-7-10(15)11(16)8-14(9)21(18,19)17-12-5-3-4-6-13(12)20-2/h3-8,17H,16H2,1-2H3. The van der Waals surface area contributed by atoms with E-state index in [0.29, 0.717) is 11.4 Å². The van der Waals surface area contributed by atoms with Gasteiger partial charge in [0.25, 0.3) is 10.0 Å². The van der Waals surface area contributed by atoms with E-state index in [9.17, 15) is 12.8 Å². The normalized spacial score (nSPS) is 11.2. The van der Waals surface area contributed by atoms with Crippen LogP contribution in [0.3, 0.4) is 0 Å². The number of anilines is 2. The van der Waals surface area contributed by atoms with Crippen molar-refractivity contribution in [3.05, 3.63) is 47.8 Å².